The van der Waals surface area contributed by atoms with E-state index in [0.29, 0.717) is 6.04 Å². The Bertz CT molecular complexity index is 378. The first kappa shape index (κ1) is 10.7. The van der Waals surface area contributed by atoms with Crippen LogP contribution in [0.2, 0.25) is 0 Å². The highest BCUT2D eigenvalue weighted by Gasteiger charge is 2.25. The number of nitrogens with zero attached hydrogens (tertiary/aromatic N) is 1. The van der Waals surface area contributed by atoms with E-state index in [4.69, 9.17) is 4.74 Å². The Morgan fingerprint density at radius 3 is 2.87 bits per heavy atom. The van der Waals surface area contributed by atoms with E-state index in [1.54, 1.807) is 7.11 Å². The Balaban J connectivity index is 2.57. The van der Waals surface area contributed by atoms with Gasteiger partial charge in [0.15, 0.2) is 0 Å². The first-order valence-electron chi connectivity index (χ1n) is 5.18. The molecule has 0 aromatic heterocycles. The minimum absolute atomic E-state index is 0.568. The lowest BCUT2D eigenvalue weighted by Gasteiger charge is -2.35. The zero-order valence-corrected chi connectivity index (χ0v) is 10.5. The van der Waals surface area contributed by atoms with Gasteiger partial charge in [-0.05, 0) is 25.5 Å². The van der Waals surface area contributed by atoms with E-state index < -0.39 is 0 Å². The molecule has 0 fully saturated rings. The monoisotopic (exact) mass is 223 g/mol. The zero-order valence-electron chi connectivity index (χ0n) is 9.70. The summed E-state index contributed by atoms with van der Waals surface area (Å²) in [5.41, 5.74) is 2.59. The average Bonchev–Trinajstić information content (AvgIpc) is 2.24. The molecule has 0 amide bonds. The average molecular weight is 223 g/mol. The molecule has 1 atom stereocenters. The van der Waals surface area contributed by atoms with Crippen LogP contribution in [0.15, 0.2) is 17.0 Å². The van der Waals surface area contributed by atoms with Gasteiger partial charge >= 0.3 is 0 Å². The van der Waals surface area contributed by atoms with Gasteiger partial charge in [0.2, 0.25) is 0 Å². The largest absolute Gasteiger partial charge is 0.495 e. The molecule has 0 N–H and O–H groups in total. The normalized spacial score (nSPS) is 20.0. The Hall–Kier alpha value is -0.830. The minimum Gasteiger partial charge on any atom is -0.495 e. The molecule has 1 unspecified atom stereocenters. The number of ether oxygens (including phenoxy) is 1. The third kappa shape index (κ3) is 1.69. The van der Waals surface area contributed by atoms with Crippen LogP contribution < -0.4 is 9.64 Å². The first-order valence-corrected chi connectivity index (χ1v) is 6.17. The summed E-state index contributed by atoms with van der Waals surface area (Å²) in [5.74, 6) is 2.13. The van der Waals surface area contributed by atoms with Crippen LogP contribution in [0.3, 0.4) is 0 Å². The fourth-order valence-electron chi connectivity index (χ4n) is 1.87. The molecule has 0 spiro atoms. The number of hydrogen-bond acceptors (Lipinski definition) is 3. The van der Waals surface area contributed by atoms with Gasteiger partial charge in [0, 0.05) is 23.7 Å². The van der Waals surface area contributed by atoms with Crippen molar-refractivity contribution in [3.63, 3.8) is 0 Å². The van der Waals surface area contributed by atoms with Gasteiger partial charge < -0.3 is 9.64 Å². The summed E-state index contributed by atoms with van der Waals surface area (Å²) < 4.78 is 5.43. The molecule has 1 aromatic carbocycles. The van der Waals surface area contributed by atoms with Gasteiger partial charge in [-0.15, -0.1) is 11.8 Å². The van der Waals surface area contributed by atoms with Crippen molar-refractivity contribution < 1.29 is 4.74 Å². The molecule has 1 aliphatic rings. The van der Waals surface area contributed by atoms with Crippen LogP contribution in [0.5, 0.6) is 5.75 Å². The standard InChI is InChI=1S/C12H17NOS/c1-8-5-6-10(14-4)11-12(8)15-7-9(2)13(11)3/h5-6,9H,7H2,1-4H3. The van der Waals surface area contributed by atoms with Crippen molar-refractivity contribution in [3.8, 4) is 5.75 Å². The number of methoxy groups -OCH3 is 1. The molecular formula is C12H17NOS. The molecule has 0 saturated carbocycles. The van der Waals surface area contributed by atoms with Crippen molar-refractivity contribution in [3.05, 3.63) is 17.7 Å². The van der Waals surface area contributed by atoms with Gasteiger partial charge in [0.1, 0.15) is 5.75 Å². The second-order valence-electron chi connectivity index (χ2n) is 4.03. The molecule has 2 nitrogen and oxygen atoms in total. The Morgan fingerprint density at radius 2 is 2.20 bits per heavy atom. The summed E-state index contributed by atoms with van der Waals surface area (Å²) in [6.45, 7) is 4.41. The van der Waals surface area contributed by atoms with E-state index in [2.05, 4.69) is 37.9 Å². The second-order valence-corrected chi connectivity index (χ2v) is 5.06. The molecule has 0 bridgehead atoms. The van der Waals surface area contributed by atoms with Gasteiger partial charge in [0.25, 0.3) is 0 Å². The number of aryl methyl sites for hydroxylation is 1. The molecular weight excluding hydrogens is 206 g/mol. The number of fused-ring (bicyclic) bond motifs is 1. The highest BCUT2D eigenvalue weighted by Crippen LogP contribution is 2.44. The molecule has 1 aliphatic heterocycles. The van der Waals surface area contributed by atoms with E-state index >= 15 is 0 Å². The summed E-state index contributed by atoms with van der Waals surface area (Å²) in [4.78, 5) is 3.69. The molecule has 0 radical (unpaired) electrons. The van der Waals surface area contributed by atoms with Gasteiger partial charge in [0.05, 0.1) is 12.8 Å². The van der Waals surface area contributed by atoms with Gasteiger partial charge in [-0.3, -0.25) is 0 Å². The number of hydrogen-bond donors (Lipinski definition) is 0. The molecule has 3 heteroatoms. The Morgan fingerprint density at radius 1 is 1.47 bits per heavy atom. The fourth-order valence-corrected chi connectivity index (χ4v) is 3.18. The molecule has 1 heterocycles. The van der Waals surface area contributed by atoms with Crippen LogP contribution in [0.25, 0.3) is 0 Å². The topological polar surface area (TPSA) is 12.5 Å². The number of thioether (sulfide) groups is 1. The van der Waals surface area contributed by atoms with E-state index in [1.807, 2.05) is 11.8 Å². The van der Waals surface area contributed by atoms with Crippen molar-refractivity contribution in [2.75, 3.05) is 24.8 Å². The maximum atomic E-state index is 5.43. The predicted molar refractivity (Wildman–Crippen MR) is 66.3 cm³/mol. The van der Waals surface area contributed by atoms with Crippen molar-refractivity contribution in [1.82, 2.24) is 0 Å². The van der Waals surface area contributed by atoms with Gasteiger partial charge in [-0.1, -0.05) is 6.07 Å². The van der Waals surface area contributed by atoms with Crippen molar-refractivity contribution >= 4 is 17.4 Å². The smallest absolute Gasteiger partial charge is 0.143 e. The predicted octanol–water partition coefficient (Wildman–Crippen LogP) is 2.93. The minimum atomic E-state index is 0.568. The molecule has 0 saturated heterocycles. The molecule has 15 heavy (non-hydrogen) atoms. The number of anilines is 1. The highest BCUT2D eigenvalue weighted by molar-refractivity contribution is 7.99. The van der Waals surface area contributed by atoms with Crippen LogP contribution in [-0.4, -0.2) is 26.0 Å². The van der Waals surface area contributed by atoms with Crippen LogP contribution in [0.1, 0.15) is 12.5 Å². The summed E-state index contributed by atoms with van der Waals surface area (Å²) in [7, 11) is 3.88. The number of benzene rings is 1. The Kier molecular flexibility index (Phi) is 2.83. The Labute approximate surface area is 95.6 Å². The molecule has 1 aromatic rings. The summed E-state index contributed by atoms with van der Waals surface area (Å²) >= 11 is 1.94. The SMILES string of the molecule is COc1ccc(C)c2c1N(C)C(C)CS2. The maximum absolute atomic E-state index is 5.43. The van der Waals surface area contributed by atoms with E-state index in [1.165, 1.54) is 16.1 Å². The van der Waals surface area contributed by atoms with Crippen LogP contribution in [0, 0.1) is 6.92 Å². The van der Waals surface area contributed by atoms with Gasteiger partial charge in [-0.25, -0.2) is 0 Å². The van der Waals surface area contributed by atoms with Crippen molar-refractivity contribution in [2.45, 2.75) is 24.8 Å². The molecule has 82 valence electrons. The maximum Gasteiger partial charge on any atom is 0.143 e. The summed E-state index contributed by atoms with van der Waals surface area (Å²) in [6, 6.07) is 4.76. The fraction of sp³-hybridized carbons (Fsp3) is 0.500. The van der Waals surface area contributed by atoms with E-state index in [-0.39, 0.29) is 0 Å². The van der Waals surface area contributed by atoms with Crippen molar-refractivity contribution in [1.29, 1.82) is 0 Å². The van der Waals surface area contributed by atoms with Crippen LogP contribution >= 0.6 is 11.8 Å². The summed E-state index contributed by atoms with van der Waals surface area (Å²) in [6.07, 6.45) is 0. The zero-order chi connectivity index (χ0) is 11.0. The molecule has 0 aliphatic carbocycles. The first-order chi connectivity index (χ1) is 7.15. The third-order valence-corrected chi connectivity index (χ3v) is 4.45. The number of rotatable bonds is 1. The lowest BCUT2D eigenvalue weighted by molar-refractivity contribution is 0.412. The quantitative estimate of drug-likeness (QED) is 0.726. The van der Waals surface area contributed by atoms with E-state index in [0.717, 1.165) is 11.5 Å². The van der Waals surface area contributed by atoms with Crippen molar-refractivity contribution in [2.24, 2.45) is 0 Å². The lowest BCUT2D eigenvalue weighted by atomic mass is 10.1. The third-order valence-electron chi connectivity index (χ3n) is 2.99. The molecule has 2 rings (SSSR count). The lowest BCUT2D eigenvalue weighted by Crippen LogP contribution is -2.34. The van der Waals surface area contributed by atoms with Crippen LogP contribution in [-0.2, 0) is 0 Å². The van der Waals surface area contributed by atoms with Crippen LogP contribution in [0.4, 0.5) is 5.69 Å². The second kappa shape index (κ2) is 3.97. The summed E-state index contributed by atoms with van der Waals surface area (Å²) in [5, 5.41) is 0. The van der Waals surface area contributed by atoms with E-state index in [9.17, 15) is 0 Å². The van der Waals surface area contributed by atoms with Gasteiger partial charge in [-0.2, -0.15) is 0 Å². The highest BCUT2D eigenvalue weighted by atomic mass is 32.2.